The van der Waals surface area contributed by atoms with Crippen molar-refractivity contribution in [2.24, 2.45) is 5.92 Å². The highest BCUT2D eigenvalue weighted by Gasteiger charge is 2.13. The molecule has 0 saturated heterocycles. The standard InChI is InChI=1S/C10H11NO4/c1-7(10(12)13)5-8-3-2-4-9(6-8)11(14)15/h2-4,6-7H,5H2,1H3,(H,12,13)/t7-/m1/s1. The predicted octanol–water partition coefficient (Wildman–Crippen LogP) is 1.86. The number of nitrogens with zero attached hydrogens (tertiary/aromatic N) is 1. The van der Waals surface area contributed by atoms with E-state index in [-0.39, 0.29) is 5.69 Å². The van der Waals surface area contributed by atoms with Crippen molar-refractivity contribution in [3.63, 3.8) is 0 Å². The van der Waals surface area contributed by atoms with Gasteiger partial charge in [-0.25, -0.2) is 0 Å². The summed E-state index contributed by atoms with van der Waals surface area (Å²) in [5.41, 5.74) is 0.657. The summed E-state index contributed by atoms with van der Waals surface area (Å²) in [6.45, 7) is 1.57. The SMILES string of the molecule is C[C@H](Cc1cccc([N+](=O)[O-])c1)C(=O)O. The number of hydrogen-bond acceptors (Lipinski definition) is 3. The van der Waals surface area contributed by atoms with E-state index in [9.17, 15) is 14.9 Å². The Morgan fingerprint density at radius 1 is 1.60 bits per heavy atom. The van der Waals surface area contributed by atoms with Crippen molar-refractivity contribution in [3.05, 3.63) is 39.9 Å². The van der Waals surface area contributed by atoms with Crippen molar-refractivity contribution >= 4 is 11.7 Å². The van der Waals surface area contributed by atoms with Crippen LogP contribution in [0.4, 0.5) is 5.69 Å². The summed E-state index contributed by atoms with van der Waals surface area (Å²) in [4.78, 5) is 20.6. The second kappa shape index (κ2) is 4.54. The summed E-state index contributed by atoms with van der Waals surface area (Å²) in [6, 6.07) is 6.03. The van der Waals surface area contributed by atoms with Crippen LogP contribution in [-0.2, 0) is 11.2 Å². The lowest BCUT2D eigenvalue weighted by atomic mass is 10.0. The fourth-order valence-corrected chi connectivity index (χ4v) is 1.24. The van der Waals surface area contributed by atoms with Crippen LogP contribution in [0, 0.1) is 16.0 Å². The van der Waals surface area contributed by atoms with E-state index in [0.29, 0.717) is 12.0 Å². The molecule has 0 amide bonds. The lowest BCUT2D eigenvalue weighted by Gasteiger charge is -2.05. The van der Waals surface area contributed by atoms with E-state index < -0.39 is 16.8 Å². The summed E-state index contributed by atoms with van der Waals surface area (Å²) < 4.78 is 0. The molecule has 0 aliphatic carbocycles. The highest BCUT2D eigenvalue weighted by atomic mass is 16.6. The predicted molar refractivity (Wildman–Crippen MR) is 53.6 cm³/mol. The first-order valence-electron chi connectivity index (χ1n) is 4.47. The van der Waals surface area contributed by atoms with Crippen LogP contribution in [0.3, 0.4) is 0 Å². The van der Waals surface area contributed by atoms with Crippen LogP contribution < -0.4 is 0 Å². The van der Waals surface area contributed by atoms with E-state index in [1.165, 1.54) is 12.1 Å². The largest absolute Gasteiger partial charge is 0.481 e. The normalized spacial score (nSPS) is 12.1. The maximum atomic E-state index is 10.6. The van der Waals surface area contributed by atoms with Crippen LogP contribution >= 0.6 is 0 Å². The smallest absolute Gasteiger partial charge is 0.306 e. The Kier molecular flexibility index (Phi) is 3.38. The quantitative estimate of drug-likeness (QED) is 0.606. The second-order valence-electron chi connectivity index (χ2n) is 3.37. The molecule has 0 aliphatic heterocycles. The van der Waals surface area contributed by atoms with Gasteiger partial charge in [-0.2, -0.15) is 0 Å². The van der Waals surface area contributed by atoms with Crippen LogP contribution in [0.15, 0.2) is 24.3 Å². The van der Waals surface area contributed by atoms with Gasteiger partial charge in [-0.05, 0) is 12.0 Å². The third-order valence-corrected chi connectivity index (χ3v) is 2.08. The number of non-ortho nitro benzene ring substituents is 1. The number of carboxylic acids is 1. The summed E-state index contributed by atoms with van der Waals surface area (Å²) >= 11 is 0. The Bertz CT molecular complexity index is 389. The number of nitro groups is 1. The van der Waals surface area contributed by atoms with Gasteiger partial charge < -0.3 is 5.11 Å². The first-order valence-corrected chi connectivity index (χ1v) is 4.47. The molecule has 1 aromatic carbocycles. The molecule has 0 heterocycles. The van der Waals surface area contributed by atoms with E-state index in [4.69, 9.17) is 5.11 Å². The Labute approximate surface area is 86.5 Å². The number of carbonyl (C=O) groups is 1. The van der Waals surface area contributed by atoms with Gasteiger partial charge in [0.2, 0.25) is 0 Å². The maximum absolute atomic E-state index is 10.6. The van der Waals surface area contributed by atoms with Crippen molar-refractivity contribution in [2.75, 3.05) is 0 Å². The molecule has 1 N–H and O–H groups in total. The molecule has 0 aliphatic rings. The Morgan fingerprint density at radius 3 is 2.80 bits per heavy atom. The van der Waals surface area contributed by atoms with E-state index in [1.54, 1.807) is 19.1 Å². The molecule has 0 aromatic heterocycles. The first-order chi connectivity index (χ1) is 7.00. The molecule has 15 heavy (non-hydrogen) atoms. The van der Waals surface area contributed by atoms with Crippen LogP contribution in [-0.4, -0.2) is 16.0 Å². The van der Waals surface area contributed by atoms with Gasteiger partial charge in [-0.1, -0.05) is 19.1 Å². The Morgan fingerprint density at radius 2 is 2.27 bits per heavy atom. The van der Waals surface area contributed by atoms with Gasteiger partial charge in [0.15, 0.2) is 0 Å². The van der Waals surface area contributed by atoms with Crippen LogP contribution in [0.5, 0.6) is 0 Å². The molecule has 5 heteroatoms. The van der Waals surface area contributed by atoms with Crippen LogP contribution in [0.2, 0.25) is 0 Å². The summed E-state index contributed by atoms with van der Waals surface area (Å²) in [7, 11) is 0. The minimum absolute atomic E-state index is 0.00918. The lowest BCUT2D eigenvalue weighted by molar-refractivity contribution is -0.384. The average Bonchev–Trinajstić information content (AvgIpc) is 2.18. The van der Waals surface area contributed by atoms with E-state index in [1.807, 2.05) is 0 Å². The molecule has 1 aromatic rings. The highest BCUT2D eigenvalue weighted by molar-refractivity contribution is 5.69. The maximum Gasteiger partial charge on any atom is 0.306 e. The minimum atomic E-state index is -0.901. The van der Waals surface area contributed by atoms with E-state index in [2.05, 4.69) is 0 Å². The number of nitro benzene ring substituents is 1. The van der Waals surface area contributed by atoms with Crippen molar-refractivity contribution in [1.82, 2.24) is 0 Å². The van der Waals surface area contributed by atoms with Crippen molar-refractivity contribution < 1.29 is 14.8 Å². The second-order valence-corrected chi connectivity index (χ2v) is 3.37. The van der Waals surface area contributed by atoms with Gasteiger partial charge in [0, 0.05) is 12.1 Å². The number of rotatable bonds is 4. The summed E-state index contributed by atoms with van der Waals surface area (Å²) in [6.07, 6.45) is 0.303. The van der Waals surface area contributed by atoms with Crippen LogP contribution in [0.25, 0.3) is 0 Å². The minimum Gasteiger partial charge on any atom is -0.481 e. The molecular formula is C10H11NO4. The zero-order chi connectivity index (χ0) is 11.4. The van der Waals surface area contributed by atoms with Crippen molar-refractivity contribution in [3.8, 4) is 0 Å². The van der Waals surface area contributed by atoms with Gasteiger partial charge in [0.1, 0.15) is 0 Å². The molecular weight excluding hydrogens is 198 g/mol. The third-order valence-electron chi connectivity index (χ3n) is 2.08. The molecule has 0 radical (unpaired) electrons. The number of carboxylic acid groups (broad SMARTS) is 1. The Hall–Kier alpha value is -1.91. The van der Waals surface area contributed by atoms with E-state index >= 15 is 0 Å². The zero-order valence-electron chi connectivity index (χ0n) is 8.21. The average molecular weight is 209 g/mol. The molecule has 0 fully saturated rings. The fourth-order valence-electron chi connectivity index (χ4n) is 1.24. The van der Waals surface area contributed by atoms with Crippen molar-refractivity contribution in [1.29, 1.82) is 0 Å². The molecule has 0 unspecified atom stereocenters. The van der Waals surface area contributed by atoms with Gasteiger partial charge >= 0.3 is 5.97 Å². The van der Waals surface area contributed by atoms with Gasteiger partial charge in [-0.3, -0.25) is 14.9 Å². The molecule has 0 bridgehead atoms. The van der Waals surface area contributed by atoms with Gasteiger partial charge in [-0.15, -0.1) is 0 Å². The molecule has 80 valence electrons. The molecule has 5 nitrogen and oxygen atoms in total. The zero-order valence-corrected chi connectivity index (χ0v) is 8.21. The van der Waals surface area contributed by atoms with Gasteiger partial charge in [0.05, 0.1) is 10.8 Å². The molecule has 0 spiro atoms. The first kappa shape index (κ1) is 11.2. The molecule has 1 rings (SSSR count). The molecule has 0 saturated carbocycles. The Balaban J connectivity index is 2.82. The monoisotopic (exact) mass is 209 g/mol. The lowest BCUT2D eigenvalue weighted by Crippen LogP contribution is -2.12. The summed E-state index contributed by atoms with van der Waals surface area (Å²) in [5.74, 6) is -1.44. The topological polar surface area (TPSA) is 80.4 Å². The van der Waals surface area contributed by atoms with Gasteiger partial charge in [0.25, 0.3) is 5.69 Å². The number of aliphatic carboxylic acids is 1. The fraction of sp³-hybridized carbons (Fsp3) is 0.300. The molecule has 1 atom stereocenters. The highest BCUT2D eigenvalue weighted by Crippen LogP contribution is 2.16. The third kappa shape index (κ3) is 3.05. The summed E-state index contributed by atoms with van der Waals surface area (Å²) in [5, 5.41) is 19.1. The number of hydrogen-bond donors (Lipinski definition) is 1. The number of benzene rings is 1. The van der Waals surface area contributed by atoms with E-state index in [0.717, 1.165) is 0 Å². The van der Waals surface area contributed by atoms with Crippen LogP contribution in [0.1, 0.15) is 12.5 Å². The van der Waals surface area contributed by atoms with Crippen molar-refractivity contribution in [2.45, 2.75) is 13.3 Å².